The zero-order valence-electron chi connectivity index (χ0n) is 11.0. The first-order chi connectivity index (χ1) is 9.61. The Morgan fingerprint density at radius 2 is 2.30 bits per heavy atom. The van der Waals surface area contributed by atoms with Crippen LogP contribution in [0.3, 0.4) is 0 Å². The van der Waals surface area contributed by atoms with Gasteiger partial charge in [0.15, 0.2) is 0 Å². The molecule has 0 aliphatic heterocycles. The lowest BCUT2D eigenvalue weighted by Gasteiger charge is -2.08. The second kappa shape index (κ2) is 4.75. The zero-order chi connectivity index (χ0) is 14.3. The van der Waals surface area contributed by atoms with Crippen LogP contribution in [0.1, 0.15) is 19.2 Å². The van der Waals surface area contributed by atoms with E-state index in [-0.39, 0.29) is 18.5 Å². The number of carbonyl (C=O) groups is 1. The molecule has 3 aromatic heterocycles. The Morgan fingerprint density at radius 1 is 1.50 bits per heavy atom. The van der Waals surface area contributed by atoms with Crippen molar-refractivity contribution in [1.82, 2.24) is 14.2 Å². The number of rotatable bonds is 4. The third-order valence-electron chi connectivity index (χ3n) is 3.24. The standard InChI is InChI=1S/C13H14N4O2S/c1-2-11-15-16(5-3-10(14)18)12(19)9-7-8-4-6-20-13(8)17(9)11/h4,6-7H,2-3,5H2,1H3,(H2,14,18). The van der Waals surface area contributed by atoms with Gasteiger partial charge in [-0.05, 0) is 17.5 Å². The van der Waals surface area contributed by atoms with E-state index in [0.29, 0.717) is 11.9 Å². The summed E-state index contributed by atoms with van der Waals surface area (Å²) >= 11 is 1.59. The highest BCUT2D eigenvalue weighted by molar-refractivity contribution is 7.16. The van der Waals surface area contributed by atoms with Gasteiger partial charge in [0, 0.05) is 18.2 Å². The van der Waals surface area contributed by atoms with E-state index in [2.05, 4.69) is 5.10 Å². The van der Waals surface area contributed by atoms with Crippen LogP contribution < -0.4 is 11.3 Å². The molecule has 2 N–H and O–H groups in total. The first-order valence-corrected chi connectivity index (χ1v) is 7.26. The molecule has 0 aromatic carbocycles. The van der Waals surface area contributed by atoms with Crippen LogP contribution in [0.25, 0.3) is 15.7 Å². The first kappa shape index (κ1) is 12.9. The summed E-state index contributed by atoms with van der Waals surface area (Å²) in [6.45, 7) is 2.21. The van der Waals surface area contributed by atoms with Crippen molar-refractivity contribution in [1.29, 1.82) is 0 Å². The Labute approximate surface area is 118 Å². The van der Waals surface area contributed by atoms with Crippen molar-refractivity contribution in [3.63, 3.8) is 0 Å². The van der Waals surface area contributed by atoms with Gasteiger partial charge in [0.25, 0.3) is 5.56 Å². The largest absolute Gasteiger partial charge is 0.370 e. The van der Waals surface area contributed by atoms with Gasteiger partial charge in [-0.3, -0.25) is 14.0 Å². The molecular formula is C13H14N4O2S. The van der Waals surface area contributed by atoms with Crippen LogP contribution in [0.4, 0.5) is 0 Å². The molecule has 104 valence electrons. The number of amides is 1. The molecule has 0 aliphatic carbocycles. The molecule has 3 rings (SSSR count). The molecule has 0 saturated carbocycles. The number of carbonyl (C=O) groups excluding carboxylic acids is 1. The fourth-order valence-electron chi connectivity index (χ4n) is 2.30. The average Bonchev–Trinajstić information content (AvgIpc) is 2.99. The smallest absolute Gasteiger partial charge is 0.291 e. The van der Waals surface area contributed by atoms with Crippen molar-refractivity contribution >= 4 is 33.0 Å². The minimum atomic E-state index is -0.437. The van der Waals surface area contributed by atoms with Crippen LogP contribution in [0.5, 0.6) is 0 Å². The summed E-state index contributed by atoms with van der Waals surface area (Å²) in [4.78, 5) is 24.3. The molecule has 0 radical (unpaired) electrons. The number of hydrogen-bond acceptors (Lipinski definition) is 4. The van der Waals surface area contributed by atoms with Crippen LogP contribution in [-0.2, 0) is 17.8 Å². The summed E-state index contributed by atoms with van der Waals surface area (Å²) in [5.74, 6) is 0.370. The van der Waals surface area contributed by atoms with Crippen LogP contribution in [-0.4, -0.2) is 20.1 Å². The highest BCUT2D eigenvalue weighted by Crippen LogP contribution is 2.24. The summed E-state index contributed by atoms with van der Waals surface area (Å²) in [6.07, 6.45) is 0.816. The van der Waals surface area contributed by atoms with Gasteiger partial charge in [0.05, 0.1) is 6.54 Å². The Kier molecular flexibility index (Phi) is 3.06. The third kappa shape index (κ3) is 1.90. The molecular weight excluding hydrogens is 276 g/mol. The van der Waals surface area contributed by atoms with Gasteiger partial charge in [0.2, 0.25) is 5.91 Å². The van der Waals surface area contributed by atoms with Gasteiger partial charge in [-0.15, -0.1) is 11.3 Å². The molecule has 0 unspecified atom stereocenters. The lowest BCUT2D eigenvalue weighted by molar-refractivity contribution is -0.118. The van der Waals surface area contributed by atoms with Gasteiger partial charge < -0.3 is 5.73 Å². The number of thiophene rings is 1. The Bertz CT molecular complexity index is 858. The predicted molar refractivity (Wildman–Crippen MR) is 78.0 cm³/mol. The van der Waals surface area contributed by atoms with E-state index in [9.17, 15) is 9.59 Å². The normalized spacial score (nSPS) is 11.4. The van der Waals surface area contributed by atoms with Crippen LogP contribution in [0.15, 0.2) is 22.3 Å². The number of hydrogen-bond donors (Lipinski definition) is 1. The Morgan fingerprint density at radius 3 is 3.00 bits per heavy atom. The van der Waals surface area contributed by atoms with Gasteiger partial charge in [-0.1, -0.05) is 6.92 Å². The van der Waals surface area contributed by atoms with Crippen molar-refractivity contribution in [2.24, 2.45) is 5.73 Å². The quantitative estimate of drug-likeness (QED) is 0.782. The van der Waals surface area contributed by atoms with Crippen molar-refractivity contribution in [3.05, 3.63) is 33.7 Å². The molecule has 0 aliphatic rings. The summed E-state index contributed by atoms with van der Waals surface area (Å²) in [7, 11) is 0. The average molecular weight is 290 g/mol. The summed E-state index contributed by atoms with van der Waals surface area (Å²) < 4.78 is 3.24. The summed E-state index contributed by atoms with van der Waals surface area (Å²) in [5, 5.41) is 7.39. The number of fused-ring (bicyclic) bond motifs is 3. The van der Waals surface area contributed by atoms with Crippen LogP contribution in [0.2, 0.25) is 0 Å². The SMILES string of the molecule is CCc1nn(CCC(N)=O)c(=O)c2cc3ccsc3n12. The Hall–Kier alpha value is -2.15. The van der Waals surface area contributed by atoms with E-state index >= 15 is 0 Å². The minimum absolute atomic E-state index is 0.112. The molecule has 0 saturated heterocycles. The van der Waals surface area contributed by atoms with Gasteiger partial charge in [-0.2, -0.15) is 5.10 Å². The fraction of sp³-hybridized carbons (Fsp3) is 0.308. The number of nitrogens with zero attached hydrogens (tertiary/aromatic N) is 3. The first-order valence-electron chi connectivity index (χ1n) is 6.38. The van der Waals surface area contributed by atoms with E-state index in [1.54, 1.807) is 11.3 Å². The van der Waals surface area contributed by atoms with Gasteiger partial charge >= 0.3 is 0 Å². The monoisotopic (exact) mass is 290 g/mol. The maximum atomic E-state index is 12.4. The molecule has 0 bridgehead atoms. The maximum absolute atomic E-state index is 12.4. The lowest BCUT2D eigenvalue weighted by atomic mass is 10.4. The van der Waals surface area contributed by atoms with Crippen LogP contribution >= 0.6 is 11.3 Å². The van der Waals surface area contributed by atoms with Crippen molar-refractivity contribution in [3.8, 4) is 0 Å². The fourth-order valence-corrected chi connectivity index (χ4v) is 3.21. The molecule has 1 amide bonds. The molecule has 7 heteroatoms. The van der Waals surface area contributed by atoms with Crippen molar-refractivity contribution in [2.45, 2.75) is 26.3 Å². The van der Waals surface area contributed by atoms with Crippen molar-refractivity contribution < 1.29 is 4.79 Å². The number of nitrogens with two attached hydrogens (primary N) is 1. The molecule has 0 spiro atoms. The minimum Gasteiger partial charge on any atom is -0.370 e. The molecule has 6 nitrogen and oxygen atoms in total. The maximum Gasteiger partial charge on any atom is 0.291 e. The van der Waals surface area contributed by atoms with E-state index in [1.807, 2.05) is 28.8 Å². The lowest BCUT2D eigenvalue weighted by Crippen LogP contribution is -2.28. The topological polar surface area (TPSA) is 82.4 Å². The van der Waals surface area contributed by atoms with E-state index in [0.717, 1.165) is 16.0 Å². The number of aryl methyl sites for hydroxylation is 2. The third-order valence-corrected chi connectivity index (χ3v) is 4.16. The highest BCUT2D eigenvalue weighted by atomic mass is 32.1. The molecule has 20 heavy (non-hydrogen) atoms. The predicted octanol–water partition coefficient (Wildman–Crippen LogP) is 1.15. The Balaban J connectivity index is 2.26. The van der Waals surface area contributed by atoms with E-state index in [4.69, 9.17) is 5.73 Å². The highest BCUT2D eigenvalue weighted by Gasteiger charge is 2.14. The molecule has 3 heterocycles. The second-order valence-electron chi connectivity index (χ2n) is 4.56. The molecule has 0 atom stereocenters. The molecule has 0 fully saturated rings. The van der Waals surface area contributed by atoms with E-state index < -0.39 is 5.91 Å². The zero-order valence-corrected chi connectivity index (χ0v) is 11.8. The van der Waals surface area contributed by atoms with Gasteiger partial charge in [-0.25, -0.2) is 4.68 Å². The van der Waals surface area contributed by atoms with Gasteiger partial charge in [0.1, 0.15) is 16.2 Å². The summed E-state index contributed by atoms with van der Waals surface area (Å²) in [6, 6.07) is 3.86. The van der Waals surface area contributed by atoms with Crippen LogP contribution in [0, 0.1) is 0 Å². The summed E-state index contributed by atoms with van der Waals surface area (Å²) in [5.41, 5.74) is 5.54. The van der Waals surface area contributed by atoms with E-state index in [1.165, 1.54) is 4.68 Å². The molecule has 3 aromatic rings. The number of primary amides is 1. The number of aromatic nitrogens is 3. The second-order valence-corrected chi connectivity index (χ2v) is 5.46. The van der Waals surface area contributed by atoms with Crippen molar-refractivity contribution in [2.75, 3.05) is 0 Å².